The van der Waals surface area contributed by atoms with Crippen molar-refractivity contribution in [2.24, 2.45) is 0 Å². The lowest BCUT2D eigenvalue weighted by Gasteiger charge is -1.99. The Morgan fingerprint density at radius 1 is 1.21 bits per heavy atom. The first kappa shape index (κ1) is 12.4. The summed E-state index contributed by atoms with van der Waals surface area (Å²) in [7, 11) is 0. The third-order valence-corrected chi connectivity index (χ3v) is 4.49. The van der Waals surface area contributed by atoms with Gasteiger partial charge in [0.1, 0.15) is 15.6 Å². The Labute approximate surface area is 118 Å². The molecule has 3 rings (SSSR count). The second-order valence-corrected chi connectivity index (χ2v) is 6.36. The summed E-state index contributed by atoms with van der Waals surface area (Å²) in [5.74, 6) is 1.10. The molecule has 98 valence electrons. The van der Waals surface area contributed by atoms with E-state index in [0.29, 0.717) is 5.22 Å². The summed E-state index contributed by atoms with van der Waals surface area (Å²) in [6.07, 6.45) is 0. The molecule has 19 heavy (non-hydrogen) atoms. The Morgan fingerprint density at radius 2 is 2.00 bits per heavy atom. The van der Waals surface area contributed by atoms with Gasteiger partial charge in [0.15, 0.2) is 0 Å². The Balaban J connectivity index is 2.08. The van der Waals surface area contributed by atoms with Gasteiger partial charge in [-0.05, 0) is 38.6 Å². The summed E-state index contributed by atoms with van der Waals surface area (Å²) >= 11 is 2.98. The van der Waals surface area contributed by atoms with Gasteiger partial charge in [-0.2, -0.15) is 0 Å². The number of nitrogens with zero attached hydrogens (tertiary/aromatic N) is 3. The zero-order valence-corrected chi connectivity index (χ0v) is 12.4. The van der Waals surface area contributed by atoms with Crippen LogP contribution in [0.15, 0.2) is 20.7 Å². The first-order chi connectivity index (χ1) is 9.02. The second kappa shape index (κ2) is 4.50. The zero-order valence-electron chi connectivity index (χ0n) is 10.7. The van der Waals surface area contributed by atoms with Gasteiger partial charge in [-0.1, -0.05) is 0 Å². The van der Waals surface area contributed by atoms with E-state index >= 15 is 0 Å². The topological polar surface area (TPSA) is 77.8 Å². The van der Waals surface area contributed by atoms with Crippen molar-refractivity contribution >= 4 is 39.3 Å². The second-order valence-electron chi connectivity index (χ2n) is 4.19. The van der Waals surface area contributed by atoms with Crippen LogP contribution in [0.4, 0.5) is 5.95 Å². The van der Waals surface area contributed by atoms with Gasteiger partial charge in [-0.3, -0.25) is 0 Å². The Kier molecular flexibility index (Phi) is 2.94. The van der Waals surface area contributed by atoms with E-state index in [1.165, 1.54) is 16.6 Å². The molecule has 0 spiro atoms. The molecule has 0 aliphatic heterocycles. The van der Waals surface area contributed by atoms with E-state index in [2.05, 4.69) is 21.0 Å². The molecule has 0 fully saturated rings. The first-order valence-corrected chi connectivity index (χ1v) is 7.32. The van der Waals surface area contributed by atoms with Crippen molar-refractivity contribution in [3.63, 3.8) is 0 Å². The van der Waals surface area contributed by atoms with E-state index in [9.17, 15) is 0 Å². The van der Waals surface area contributed by atoms with E-state index in [0.717, 1.165) is 26.7 Å². The quantitative estimate of drug-likeness (QED) is 0.730. The fourth-order valence-corrected chi connectivity index (χ4v) is 3.55. The van der Waals surface area contributed by atoms with Gasteiger partial charge in [0.2, 0.25) is 5.95 Å². The van der Waals surface area contributed by atoms with E-state index < -0.39 is 0 Å². The van der Waals surface area contributed by atoms with Crippen molar-refractivity contribution in [2.75, 3.05) is 5.73 Å². The molecule has 5 nitrogen and oxygen atoms in total. The lowest BCUT2D eigenvalue weighted by molar-refractivity contribution is 0.431. The number of thiophene rings is 1. The van der Waals surface area contributed by atoms with Crippen LogP contribution in [0.2, 0.25) is 0 Å². The van der Waals surface area contributed by atoms with Gasteiger partial charge in [0, 0.05) is 10.3 Å². The van der Waals surface area contributed by atoms with Gasteiger partial charge in [-0.25, -0.2) is 15.0 Å². The van der Waals surface area contributed by atoms with Crippen LogP contribution in [-0.2, 0) is 0 Å². The number of hydrogen-bond donors (Lipinski definition) is 1. The molecule has 0 amide bonds. The number of nitrogens with two attached hydrogens (primary N) is 1. The maximum Gasteiger partial charge on any atom is 0.262 e. The van der Waals surface area contributed by atoms with Crippen molar-refractivity contribution in [3.05, 3.63) is 22.4 Å². The minimum atomic E-state index is 0.275. The van der Waals surface area contributed by atoms with Crippen LogP contribution in [0.25, 0.3) is 10.2 Å². The maximum atomic E-state index is 5.74. The summed E-state index contributed by atoms with van der Waals surface area (Å²) in [4.78, 5) is 14.9. The lowest BCUT2D eigenvalue weighted by Crippen LogP contribution is -1.95. The summed E-state index contributed by atoms with van der Waals surface area (Å²) in [6, 6.07) is 2.06. The predicted octanol–water partition coefficient (Wildman–Crippen LogP) is 3.34. The smallest absolute Gasteiger partial charge is 0.262 e. The number of oxazole rings is 1. The summed E-state index contributed by atoms with van der Waals surface area (Å²) in [6.45, 7) is 5.85. The van der Waals surface area contributed by atoms with Crippen LogP contribution in [-0.4, -0.2) is 15.0 Å². The third-order valence-electron chi connectivity index (χ3n) is 2.69. The van der Waals surface area contributed by atoms with E-state index in [-0.39, 0.29) is 5.95 Å². The van der Waals surface area contributed by atoms with Crippen LogP contribution in [0.3, 0.4) is 0 Å². The molecule has 3 aromatic rings. The average molecular weight is 292 g/mol. The minimum absolute atomic E-state index is 0.275. The van der Waals surface area contributed by atoms with Gasteiger partial charge in [-0.15, -0.1) is 11.3 Å². The molecule has 0 aliphatic rings. The molecule has 0 radical (unpaired) electrons. The number of anilines is 1. The SMILES string of the molecule is Cc1cc2c(Sc3nc(C)c(C)o3)nc(N)nc2s1. The standard InChI is InChI=1S/C12H12N4OS2/c1-5-4-8-9(18-5)15-11(13)16-10(8)19-12-14-6(2)7(3)17-12/h4H,1-3H3,(H2,13,15,16). The molecular weight excluding hydrogens is 280 g/mol. The molecule has 3 heterocycles. The highest BCUT2D eigenvalue weighted by Gasteiger charge is 2.14. The third kappa shape index (κ3) is 2.31. The molecule has 2 N–H and O–H groups in total. The molecule has 0 aliphatic carbocycles. The number of rotatable bonds is 2. The number of aryl methyl sites for hydroxylation is 3. The van der Waals surface area contributed by atoms with Crippen molar-refractivity contribution < 1.29 is 4.42 Å². The number of aromatic nitrogens is 3. The summed E-state index contributed by atoms with van der Waals surface area (Å²) in [5, 5.41) is 2.36. The highest BCUT2D eigenvalue weighted by atomic mass is 32.2. The van der Waals surface area contributed by atoms with Crippen LogP contribution >= 0.6 is 23.1 Å². The van der Waals surface area contributed by atoms with Crippen molar-refractivity contribution in [1.29, 1.82) is 0 Å². The van der Waals surface area contributed by atoms with Crippen molar-refractivity contribution in [2.45, 2.75) is 31.0 Å². The highest BCUT2D eigenvalue weighted by molar-refractivity contribution is 7.99. The molecule has 0 saturated heterocycles. The van der Waals surface area contributed by atoms with Crippen molar-refractivity contribution in [3.8, 4) is 0 Å². The predicted molar refractivity (Wildman–Crippen MR) is 76.7 cm³/mol. The highest BCUT2D eigenvalue weighted by Crippen LogP contribution is 2.35. The van der Waals surface area contributed by atoms with Gasteiger partial charge in [0.05, 0.1) is 5.69 Å². The van der Waals surface area contributed by atoms with Gasteiger partial charge in [0.25, 0.3) is 5.22 Å². The Morgan fingerprint density at radius 3 is 2.68 bits per heavy atom. The Hall–Kier alpha value is -1.60. The largest absolute Gasteiger partial charge is 0.436 e. The zero-order chi connectivity index (χ0) is 13.6. The van der Waals surface area contributed by atoms with Crippen LogP contribution in [0.1, 0.15) is 16.3 Å². The van der Waals surface area contributed by atoms with E-state index in [1.807, 2.05) is 20.8 Å². The summed E-state index contributed by atoms with van der Waals surface area (Å²) in [5.41, 5.74) is 6.63. The monoisotopic (exact) mass is 292 g/mol. The van der Waals surface area contributed by atoms with E-state index in [1.54, 1.807) is 11.3 Å². The van der Waals surface area contributed by atoms with Crippen LogP contribution in [0.5, 0.6) is 0 Å². The van der Waals surface area contributed by atoms with Gasteiger partial charge >= 0.3 is 0 Å². The minimum Gasteiger partial charge on any atom is -0.436 e. The lowest BCUT2D eigenvalue weighted by atomic mass is 10.4. The fraction of sp³-hybridized carbons (Fsp3) is 0.250. The molecule has 0 bridgehead atoms. The first-order valence-electron chi connectivity index (χ1n) is 5.68. The normalized spacial score (nSPS) is 11.3. The van der Waals surface area contributed by atoms with Crippen LogP contribution in [0, 0.1) is 20.8 Å². The maximum absolute atomic E-state index is 5.74. The van der Waals surface area contributed by atoms with Crippen LogP contribution < -0.4 is 5.73 Å². The number of hydrogen-bond acceptors (Lipinski definition) is 7. The molecule has 0 aromatic carbocycles. The molecule has 0 unspecified atom stereocenters. The molecule has 3 aromatic heterocycles. The molecule has 0 atom stereocenters. The Bertz CT molecular complexity index is 743. The van der Waals surface area contributed by atoms with Gasteiger partial charge < -0.3 is 10.2 Å². The average Bonchev–Trinajstić information content (AvgIpc) is 2.82. The fourth-order valence-electron chi connectivity index (χ4n) is 1.68. The molecule has 7 heteroatoms. The summed E-state index contributed by atoms with van der Waals surface area (Å²) < 4.78 is 5.57. The number of fused-ring (bicyclic) bond motifs is 1. The molecular formula is C12H12N4OS2. The van der Waals surface area contributed by atoms with E-state index in [4.69, 9.17) is 10.2 Å². The van der Waals surface area contributed by atoms with Crippen molar-refractivity contribution in [1.82, 2.24) is 15.0 Å². The number of nitrogen functional groups attached to an aromatic ring is 1. The molecule has 0 saturated carbocycles.